The van der Waals surface area contributed by atoms with E-state index in [9.17, 15) is 5.11 Å². The molecule has 0 aliphatic rings. The molecule has 3 nitrogen and oxygen atoms in total. The number of aliphatic hydroxyl groups is 1. The molecule has 2 atom stereocenters. The van der Waals surface area contributed by atoms with E-state index in [2.05, 4.69) is 31.9 Å². The maximum absolute atomic E-state index is 10.3. The van der Waals surface area contributed by atoms with Gasteiger partial charge in [-0.1, -0.05) is 46.3 Å². The van der Waals surface area contributed by atoms with Crippen LogP contribution < -0.4 is 11.5 Å². The molecule has 0 radical (unpaired) electrons. The van der Waals surface area contributed by atoms with Crippen LogP contribution in [0.25, 0.3) is 0 Å². The van der Waals surface area contributed by atoms with E-state index in [0.29, 0.717) is 12.1 Å². The molecule has 0 amide bonds. The van der Waals surface area contributed by atoms with E-state index >= 15 is 0 Å². The van der Waals surface area contributed by atoms with Gasteiger partial charge in [-0.15, -0.1) is 12.4 Å². The Bertz CT molecular complexity index is 596. The molecule has 5 N–H and O–H groups in total. The van der Waals surface area contributed by atoms with Crippen molar-refractivity contribution in [3.63, 3.8) is 0 Å². The fourth-order valence-corrected chi connectivity index (χ4v) is 3.33. The topological polar surface area (TPSA) is 72.3 Å². The van der Waals surface area contributed by atoms with Crippen LogP contribution in [0.2, 0.25) is 0 Å². The Morgan fingerprint density at radius 2 is 1.71 bits per heavy atom. The van der Waals surface area contributed by atoms with Crippen molar-refractivity contribution in [1.29, 1.82) is 0 Å². The van der Waals surface area contributed by atoms with Crippen LogP contribution >= 0.6 is 44.3 Å². The number of aliphatic hydroxyl groups excluding tert-OH is 1. The first-order chi connectivity index (χ1) is 9.49. The summed E-state index contributed by atoms with van der Waals surface area (Å²) in [6.45, 7) is 0. The molecule has 0 aliphatic carbocycles. The lowest BCUT2D eigenvalue weighted by atomic mass is 9.96. The van der Waals surface area contributed by atoms with Crippen LogP contribution in [0, 0.1) is 0 Å². The van der Waals surface area contributed by atoms with E-state index in [-0.39, 0.29) is 12.4 Å². The molecule has 2 aromatic carbocycles. The zero-order chi connectivity index (χ0) is 14.7. The second kappa shape index (κ2) is 8.15. The number of nitrogen functional groups attached to an aromatic ring is 1. The minimum atomic E-state index is -0.694. The van der Waals surface area contributed by atoms with Crippen molar-refractivity contribution >= 4 is 50.0 Å². The molecule has 114 valence electrons. The van der Waals surface area contributed by atoms with Gasteiger partial charge in [0.2, 0.25) is 0 Å². The first-order valence-electron chi connectivity index (χ1n) is 6.21. The number of hydrogen-bond donors (Lipinski definition) is 3. The zero-order valence-corrected chi connectivity index (χ0v) is 15.2. The SMILES string of the molecule is Cl.Nc1c(Br)cc(Br)cc1[C@H](N)[C@H](O)Cc1ccccc1. The Balaban J connectivity index is 0.00000220. The lowest BCUT2D eigenvalue weighted by molar-refractivity contribution is 0.145. The molecule has 0 fully saturated rings. The van der Waals surface area contributed by atoms with E-state index in [1.807, 2.05) is 42.5 Å². The molecular formula is C15H17Br2ClN2O. The molecule has 0 spiro atoms. The highest BCUT2D eigenvalue weighted by Gasteiger charge is 2.21. The summed E-state index contributed by atoms with van der Waals surface area (Å²) in [6, 6.07) is 12.9. The Labute approximate surface area is 147 Å². The van der Waals surface area contributed by atoms with Crippen LogP contribution in [0.1, 0.15) is 17.2 Å². The number of nitrogens with two attached hydrogens (primary N) is 2. The Morgan fingerprint density at radius 3 is 2.33 bits per heavy atom. The molecule has 2 aromatic rings. The van der Waals surface area contributed by atoms with Gasteiger partial charge in [-0.2, -0.15) is 0 Å². The Morgan fingerprint density at radius 1 is 1.10 bits per heavy atom. The van der Waals surface area contributed by atoms with Crippen LogP contribution in [0.5, 0.6) is 0 Å². The number of halogens is 3. The van der Waals surface area contributed by atoms with E-state index < -0.39 is 12.1 Å². The zero-order valence-electron chi connectivity index (χ0n) is 11.2. The van der Waals surface area contributed by atoms with Crippen LogP contribution in [0.15, 0.2) is 51.4 Å². The normalized spacial score (nSPS) is 13.3. The molecule has 2 rings (SSSR count). The second-order valence-electron chi connectivity index (χ2n) is 4.67. The third kappa shape index (κ3) is 4.69. The van der Waals surface area contributed by atoms with E-state index in [0.717, 1.165) is 20.1 Å². The van der Waals surface area contributed by atoms with Crippen molar-refractivity contribution in [2.75, 3.05) is 5.73 Å². The first-order valence-corrected chi connectivity index (χ1v) is 7.79. The molecule has 6 heteroatoms. The average Bonchev–Trinajstić information content (AvgIpc) is 2.43. The van der Waals surface area contributed by atoms with Gasteiger partial charge in [-0.05, 0) is 39.2 Å². The van der Waals surface area contributed by atoms with Gasteiger partial charge in [0.25, 0.3) is 0 Å². The summed E-state index contributed by atoms with van der Waals surface area (Å²) in [4.78, 5) is 0. The van der Waals surface area contributed by atoms with Gasteiger partial charge >= 0.3 is 0 Å². The van der Waals surface area contributed by atoms with Crippen molar-refractivity contribution in [1.82, 2.24) is 0 Å². The lowest BCUT2D eigenvalue weighted by Gasteiger charge is -2.21. The first kappa shape index (κ1) is 18.5. The van der Waals surface area contributed by atoms with Crippen molar-refractivity contribution in [2.45, 2.75) is 18.6 Å². The molecule has 0 heterocycles. The molecular weight excluding hydrogens is 419 g/mol. The van der Waals surface area contributed by atoms with Gasteiger partial charge in [-0.25, -0.2) is 0 Å². The summed E-state index contributed by atoms with van der Waals surface area (Å²) in [5.74, 6) is 0. The summed E-state index contributed by atoms with van der Waals surface area (Å²) in [5, 5.41) is 10.3. The van der Waals surface area contributed by atoms with Crippen LogP contribution in [-0.2, 0) is 6.42 Å². The van der Waals surface area contributed by atoms with Gasteiger partial charge in [0, 0.05) is 15.4 Å². The van der Waals surface area contributed by atoms with Crippen LogP contribution in [-0.4, -0.2) is 11.2 Å². The summed E-state index contributed by atoms with van der Waals surface area (Å²) < 4.78 is 1.64. The minimum Gasteiger partial charge on any atom is -0.398 e. The average molecular weight is 437 g/mol. The smallest absolute Gasteiger partial charge is 0.0773 e. The highest BCUT2D eigenvalue weighted by molar-refractivity contribution is 9.11. The fraction of sp³-hybridized carbons (Fsp3) is 0.200. The summed E-state index contributed by atoms with van der Waals surface area (Å²) in [5.41, 5.74) is 14.5. The number of benzene rings is 2. The van der Waals surface area contributed by atoms with Crippen molar-refractivity contribution in [3.8, 4) is 0 Å². The maximum atomic E-state index is 10.3. The second-order valence-corrected chi connectivity index (χ2v) is 6.44. The van der Waals surface area contributed by atoms with Gasteiger partial charge in [-0.3, -0.25) is 0 Å². The lowest BCUT2D eigenvalue weighted by Crippen LogP contribution is -2.29. The van der Waals surface area contributed by atoms with Crippen molar-refractivity contribution < 1.29 is 5.11 Å². The monoisotopic (exact) mass is 434 g/mol. The summed E-state index contributed by atoms with van der Waals surface area (Å²) in [6.07, 6.45) is -0.202. The van der Waals surface area contributed by atoms with Crippen molar-refractivity contribution in [3.05, 3.63) is 62.5 Å². The van der Waals surface area contributed by atoms with E-state index in [1.165, 1.54) is 0 Å². The number of hydrogen-bond acceptors (Lipinski definition) is 3. The molecule has 21 heavy (non-hydrogen) atoms. The predicted molar refractivity (Wildman–Crippen MR) is 96.6 cm³/mol. The van der Waals surface area contributed by atoms with Crippen molar-refractivity contribution in [2.24, 2.45) is 5.73 Å². The highest BCUT2D eigenvalue weighted by Crippen LogP contribution is 2.32. The highest BCUT2D eigenvalue weighted by atomic mass is 79.9. The van der Waals surface area contributed by atoms with Crippen LogP contribution in [0.3, 0.4) is 0 Å². The fourth-order valence-electron chi connectivity index (χ4n) is 2.07. The molecule has 0 bridgehead atoms. The third-order valence-corrected chi connectivity index (χ3v) is 4.30. The Hall–Kier alpha value is -0.590. The summed E-state index contributed by atoms with van der Waals surface area (Å²) >= 11 is 6.80. The largest absolute Gasteiger partial charge is 0.398 e. The predicted octanol–water partition coefficient (Wildman–Crippen LogP) is 3.82. The standard InChI is InChI=1S/C15H16Br2N2O.ClH/c16-10-7-11(14(18)12(17)8-10)15(19)13(20)6-9-4-2-1-3-5-9;/h1-5,7-8,13,15,20H,6,18-19H2;1H/t13-,15+;/m1./s1. The van der Waals surface area contributed by atoms with E-state index in [4.69, 9.17) is 11.5 Å². The van der Waals surface area contributed by atoms with E-state index in [1.54, 1.807) is 0 Å². The van der Waals surface area contributed by atoms with Gasteiger partial charge < -0.3 is 16.6 Å². The van der Waals surface area contributed by atoms with Gasteiger partial charge in [0.05, 0.1) is 17.8 Å². The summed E-state index contributed by atoms with van der Waals surface area (Å²) in [7, 11) is 0. The molecule has 0 saturated heterocycles. The molecule has 0 aromatic heterocycles. The molecule has 0 unspecified atom stereocenters. The quantitative estimate of drug-likeness (QED) is 0.638. The maximum Gasteiger partial charge on any atom is 0.0773 e. The third-order valence-electron chi connectivity index (χ3n) is 3.19. The molecule has 0 saturated carbocycles. The number of anilines is 1. The number of rotatable bonds is 4. The molecule has 0 aliphatic heterocycles. The minimum absolute atomic E-state index is 0. The van der Waals surface area contributed by atoms with Gasteiger partial charge in [0.1, 0.15) is 0 Å². The Kier molecular flexibility index (Phi) is 7.16. The van der Waals surface area contributed by atoms with Gasteiger partial charge in [0.15, 0.2) is 0 Å². The van der Waals surface area contributed by atoms with Crippen LogP contribution in [0.4, 0.5) is 5.69 Å².